The van der Waals surface area contributed by atoms with Gasteiger partial charge >= 0.3 is 5.69 Å². The van der Waals surface area contributed by atoms with Gasteiger partial charge in [0.25, 0.3) is 5.56 Å². The number of ether oxygens (including phenoxy) is 1. The van der Waals surface area contributed by atoms with Crippen molar-refractivity contribution < 1.29 is 4.74 Å². The molecule has 1 aliphatic carbocycles. The van der Waals surface area contributed by atoms with Crippen LogP contribution in [0.15, 0.2) is 9.59 Å². The molecule has 7 nitrogen and oxygen atoms in total. The van der Waals surface area contributed by atoms with Gasteiger partial charge < -0.3 is 9.72 Å². The third kappa shape index (κ3) is 2.64. The Kier molecular flexibility index (Phi) is 4.21. The van der Waals surface area contributed by atoms with E-state index in [1.807, 2.05) is 0 Å². The van der Waals surface area contributed by atoms with Crippen LogP contribution in [0, 0.1) is 4.64 Å². The Morgan fingerprint density at radius 3 is 2.73 bits per heavy atom. The highest BCUT2D eigenvalue weighted by Crippen LogP contribution is 2.32. The van der Waals surface area contributed by atoms with Crippen LogP contribution < -0.4 is 11.2 Å². The van der Waals surface area contributed by atoms with E-state index in [4.69, 9.17) is 17.0 Å². The van der Waals surface area contributed by atoms with Crippen molar-refractivity contribution in [1.82, 2.24) is 19.5 Å². The molecule has 0 radical (unpaired) electrons. The topological polar surface area (TPSA) is 92.8 Å². The summed E-state index contributed by atoms with van der Waals surface area (Å²) in [6, 6.07) is 0. The number of nitrogens with one attached hydrogen (secondary N) is 2. The van der Waals surface area contributed by atoms with Crippen molar-refractivity contribution in [3.63, 3.8) is 0 Å². The largest absolute Gasteiger partial charge is 0.383 e. The summed E-state index contributed by atoms with van der Waals surface area (Å²) >= 11 is 5.28. The summed E-state index contributed by atoms with van der Waals surface area (Å²) in [4.78, 5) is 34.0. The van der Waals surface area contributed by atoms with Gasteiger partial charge in [0, 0.05) is 13.0 Å². The minimum absolute atomic E-state index is 0.239. The lowest BCUT2D eigenvalue weighted by Crippen LogP contribution is -2.32. The molecule has 0 unspecified atom stereocenters. The first-order valence-corrected chi connectivity index (χ1v) is 7.78. The maximum atomic E-state index is 12.1. The molecule has 2 heterocycles. The van der Waals surface area contributed by atoms with E-state index >= 15 is 0 Å². The van der Waals surface area contributed by atoms with Crippen LogP contribution in [0.5, 0.6) is 0 Å². The normalized spacial score (nSPS) is 15.7. The fourth-order valence-electron chi connectivity index (χ4n) is 3.00. The third-order valence-electron chi connectivity index (χ3n) is 4.14. The molecule has 0 bridgehead atoms. The molecule has 0 spiro atoms. The van der Waals surface area contributed by atoms with Gasteiger partial charge in [0.15, 0.2) is 0 Å². The van der Waals surface area contributed by atoms with Crippen molar-refractivity contribution in [1.29, 1.82) is 0 Å². The summed E-state index contributed by atoms with van der Waals surface area (Å²) in [5.74, 6) is 1.09. The first-order chi connectivity index (χ1) is 10.6. The molecule has 0 aliphatic heterocycles. The first-order valence-electron chi connectivity index (χ1n) is 7.38. The Morgan fingerprint density at radius 2 is 2.05 bits per heavy atom. The minimum Gasteiger partial charge on any atom is -0.383 e. The van der Waals surface area contributed by atoms with E-state index in [9.17, 15) is 9.59 Å². The van der Waals surface area contributed by atoms with Crippen molar-refractivity contribution in [2.45, 2.75) is 38.1 Å². The number of fused-ring (bicyclic) bond motifs is 1. The molecular weight excluding hydrogens is 304 g/mol. The Hall–Kier alpha value is -1.80. The van der Waals surface area contributed by atoms with Crippen LogP contribution in [0.2, 0.25) is 0 Å². The number of hydrogen-bond acceptors (Lipinski definition) is 5. The van der Waals surface area contributed by atoms with E-state index in [1.165, 1.54) is 4.57 Å². The first kappa shape index (κ1) is 15.1. The molecule has 0 aromatic carbocycles. The summed E-state index contributed by atoms with van der Waals surface area (Å²) in [6.07, 6.45) is 4.43. The molecule has 8 heteroatoms. The van der Waals surface area contributed by atoms with Crippen LogP contribution in [0.4, 0.5) is 0 Å². The quantitative estimate of drug-likeness (QED) is 0.831. The maximum absolute atomic E-state index is 12.1. The average Bonchev–Trinajstić information content (AvgIpc) is 3.00. The second-order valence-corrected chi connectivity index (χ2v) is 5.92. The number of methoxy groups -OCH3 is 1. The predicted molar refractivity (Wildman–Crippen MR) is 84.9 cm³/mol. The molecule has 0 atom stereocenters. The lowest BCUT2D eigenvalue weighted by molar-refractivity contribution is 0.187. The number of aromatic nitrogens is 4. The Morgan fingerprint density at radius 1 is 1.32 bits per heavy atom. The molecule has 2 aromatic rings. The molecule has 0 amide bonds. The molecular formula is C14H18N4O3S. The van der Waals surface area contributed by atoms with Crippen LogP contribution in [-0.4, -0.2) is 33.2 Å². The van der Waals surface area contributed by atoms with Gasteiger partial charge in [0.1, 0.15) is 21.5 Å². The standard InChI is InChI=1S/C14H18N4O3S/c1-21-7-6-18-11-9(12(19)17-14(18)20)13(22)16-10(15-11)8-4-2-3-5-8/h8H,2-7H2,1H3,(H,15,16,22)(H,17,19,20). The van der Waals surface area contributed by atoms with Gasteiger partial charge in [-0.1, -0.05) is 25.1 Å². The molecule has 2 N–H and O–H groups in total. The fourth-order valence-corrected chi connectivity index (χ4v) is 3.29. The van der Waals surface area contributed by atoms with Gasteiger partial charge in [-0.05, 0) is 12.8 Å². The van der Waals surface area contributed by atoms with Gasteiger partial charge in [-0.3, -0.25) is 14.3 Å². The van der Waals surface area contributed by atoms with Gasteiger partial charge in [0.2, 0.25) is 0 Å². The Labute approximate surface area is 131 Å². The zero-order chi connectivity index (χ0) is 15.7. The summed E-state index contributed by atoms with van der Waals surface area (Å²) in [7, 11) is 1.56. The number of aromatic amines is 2. The van der Waals surface area contributed by atoms with Crippen molar-refractivity contribution in [2.24, 2.45) is 0 Å². The van der Waals surface area contributed by atoms with Crippen molar-refractivity contribution in [3.05, 3.63) is 31.3 Å². The monoisotopic (exact) mass is 322 g/mol. The molecule has 1 fully saturated rings. The molecule has 1 saturated carbocycles. The highest BCUT2D eigenvalue weighted by atomic mass is 32.1. The van der Waals surface area contributed by atoms with E-state index in [2.05, 4.69) is 15.0 Å². The molecule has 2 aromatic heterocycles. The van der Waals surface area contributed by atoms with E-state index in [1.54, 1.807) is 7.11 Å². The van der Waals surface area contributed by atoms with Crippen LogP contribution in [0.1, 0.15) is 37.4 Å². The van der Waals surface area contributed by atoms with Crippen molar-refractivity contribution in [3.8, 4) is 0 Å². The molecule has 3 rings (SSSR count). The molecule has 0 saturated heterocycles. The Bertz CT molecular complexity index is 861. The van der Waals surface area contributed by atoms with Crippen LogP contribution in [0.25, 0.3) is 11.0 Å². The van der Waals surface area contributed by atoms with Crippen molar-refractivity contribution in [2.75, 3.05) is 13.7 Å². The van der Waals surface area contributed by atoms with Gasteiger partial charge in [-0.25, -0.2) is 9.78 Å². The van der Waals surface area contributed by atoms with Gasteiger partial charge in [-0.15, -0.1) is 0 Å². The lowest BCUT2D eigenvalue weighted by Gasteiger charge is -2.13. The number of hydrogen-bond donors (Lipinski definition) is 2. The molecule has 118 valence electrons. The van der Waals surface area contributed by atoms with E-state index < -0.39 is 11.2 Å². The van der Waals surface area contributed by atoms with E-state index in [0.29, 0.717) is 24.7 Å². The lowest BCUT2D eigenvalue weighted by atomic mass is 10.1. The third-order valence-corrected chi connectivity index (χ3v) is 4.44. The fraction of sp³-hybridized carbons (Fsp3) is 0.571. The van der Waals surface area contributed by atoms with E-state index in [-0.39, 0.29) is 10.0 Å². The maximum Gasteiger partial charge on any atom is 0.330 e. The number of rotatable bonds is 4. The smallest absolute Gasteiger partial charge is 0.330 e. The van der Waals surface area contributed by atoms with Gasteiger partial charge in [-0.2, -0.15) is 0 Å². The second-order valence-electron chi connectivity index (χ2n) is 5.54. The van der Waals surface area contributed by atoms with Gasteiger partial charge in [0.05, 0.1) is 13.2 Å². The summed E-state index contributed by atoms with van der Waals surface area (Å²) in [6.45, 7) is 0.699. The highest BCUT2D eigenvalue weighted by Gasteiger charge is 2.21. The number of H-pyrrole nitrogens is 2. The predicted octanol–water partition coefficient (Wildman–Crippen LogP) is 1.45. The summed E-state index contributed by atoms with van der Waals surface area (Å²) < 4.78 is 6.73. The van der Waals surface area contributed by atoms with Crippen LogP contribution in [-0.2, 0) is 11.3 Å². The highest BCUT2D eigenvalue weighted by molar-refractivity contribution is 7.71. The number of nitrogens with zero attached hydrogens (tertiary/aromatic N) is 2. The summed E-state index contributed by atoms with van der Waals surface area (Å²) in [5, 5.41) is 0.257. The van der Waals surface area contributed by atoms with Crippen LogP contribution in [0.3, 0.4) is 0 Å². The van der Waals surface area contributed by atoms with E-state index in [0.717, 1.165) is 31.5 Å². The minimum atomic E-state index is -0.500. The molecule has 22 heavy (non-hydrogen) atoms. The second kappa shape index (κ2) is 6.13. The van der Waals surface area contributed by atoms with Crippen molar-refractivity contribution >= 4 is 23.3 Å². The van der Waals surface area contributed by atoms with Crippen LogP contribution >= 0.6 is 12.2 Å². The summed E-state index contributed by atoms with van der Waals surface area (Å²) in [5.41, 5.74) is -0.531. The zero-order valence-corrected chi connectivity index (χ0v) is 13.2. The molecule has 1 aliphatic rings. The Balaban J connectivity index is 2.26. The average molecular weight is 322 g/mol. The SMILES string of the molecule is COCCn1c(=O)[nH]c(=O)c2c(=S)nc(C3CCCC3)[nH]c21. The zero-order valence-electron chi connectivity index (χ0n) is 12.3.